The summed E-state index contributed by atoms with van der Waals surface area (Å²) in [5, 5.41) is 3.57. The zero-order valence-electron chi connectivity index (χ0n) is 9.60. The summed E-state index contributed by atoms with van der Waals surface area (Å²) >= 11 is 0. The third kappa shape index (κ3) is 5.43. The summed E-state index contributed by atoms with van der Waals surface area (Å²) in [6, 6.07) is 0. The fraction of sp³-hybridized carbons (Fsp3) is 0.846. The summed E-state index contributed by atoms with van der Waals surface area (Å²) in [6.45, 7) is 4.49. The second kappa shape index (κ2) is 8.05. The lowest BCUT2D eigenvalue weighted by Crippen LogP contribution is -2.23. The maximum absolute atomic E-state index is 3.57. The Bertz CT molecular complexity index is 143. The van der Waals surface area contributed by atoms with E-state index >= 15 is 0 Å². The highest BCUT2D eigenvalue weighted by Gasteiger charge is 2.10. The molecule has 0 bridgehead atoms. The first-order valence-electron chi connectivity index (χ1n) is 6.25. The molecule has 1 saturated carbocycles. The zero-order chi connectivity index (χ0) is 10.1. The monoisotopic (exact) mass is 195 g/mol. The van der Waals surface area contributed by atoms with Crippen molar-refractivity contribution in [1.82, 2.24) is 5.32 Å². The lowest BCUT2D eigenvalue weighted by molar-refractivity contribution is 0.428. The quantitative estimate of drug-likeness (QED) is 0.402. The zero-order valence-corrected chi connectivity index (χ0v) is 9.60. The molecule has 0 radical (unpaired) electrons. The molecule has 1 N–H and O–H groups in total. The van der Waals surface area contributed by atoms with Gasteiger partial charge in [-0.2, -0.15) is 0 Å². The van der Waals surface area contributed by atoms with Gasteiger partial charge in [-0.1, -0.05) is 37.8 Å². The van der Waals surface area contributed by atoms with E-state index in [4.69, 9.17) is 0 Å². The van der Waals surface area contributed by atoms with Crippen LogP contribution in [0, 0.1) is 5.92 Å². The molecular formula is C13H25N. The van der Waals surface area contributed by atoms with Crippen LogP contribution in [-0.4, -0.2) is 13.1 Å². The van der Waals surface area contributed by atoms with Crippen LogP contribution in [0.3, 0.4) is 0 Å². The van der Waals surface area contributed by atoms with Gasteiger partial charge in [0.05, 0.1) is 0 Å². The number of nitrogens with one attached hydrogen (secondary N) is 1. The molecule has 0 amide bonds. The normalized spacial score (nSPS) is 20.1. The minimum atomic E-state index is 0.961. The minimum Gasteiger partial charge on any atom is -0.316 e. The van der Waals surface area contributed by atoms with E-state index in [9.17, 15) is 0 Å². The average Bonchev–Trinajstić information content (AvgIpc) is 2.46. The first-order valence-corrected chi connectivity index (χ1v) is 6.25. The largest absolute Gasteiger partial charge is 0.316 e. The summed E-state index contributed by atoms with van der Waals surface area (Å²) < 4.78 is 0. The first kappa shape index (κ1) is 11.8. The number of allylic oxidation sites excluding steroid dienone is 1. The van der Waals surface area contributed by atoms with E-state index in [1.54, 1.807) is 0 Å². The van der Waals surface area contributed by atoms with E-state index < -0.39 is 0 Å². The Morgan fingerprint density at radius 3 is 2.50 bits per heavy atom. The maximum Gasteiger partial charge on any atom is -0.00142 e. The molecular weight excluding hydrogens is 170 g/mol. The van der Waals surface area contributed by atoms with Gasteiger partial charge in [0, 0.05) is 0 Å². The first-order chi connectivity index (χ1) is 6.93. The predicted molar refractivity (Wildman–Crippen MR) is 63.5 cm³/mol. The van der Waals surface area contributed by atoms with Crippen LogP contribution in [0.4, 0.5) is 0 Å². The molecule has 1 aliphatic carbocycles. The molecule has 1 aliphatic rings. The van der Waals surface area contributed by atoms with Crippen molar-refractivity contribution in [2.75, 3.05) is 13.1 Å². The molecule has 0 atom stereocenters. The van der Waals surface area contributed by atoms with E-state index in [2.05, 4.69) is 24.4 Å². The van der Waals surface area contributed by atoms with Crippen LogP contribution in [-0.2, 0) is 0 Å². The van der Waals surface area contributed by atoms with Gasteiger partial charge in [0.15, 0.2) is 0 Å². The summed E-state index contributed by atoms with van der Waals surface area (Å²) in [4.78, 5) is 0. The van der Waals surface area contributed by atoms with E-state index in [1.807, 2.05) is 0 Å². The van der Waals surface area contributed by atoms with Crippen molar-refractivity contribution in [2.45, 2.75) is 51.9 Å². The highest BCUT2D eigenvalue weighted by atomic mass is 14.8. The van der Waals surface area contributed by atoms with Crippen LogP contribution in [0.15, 0.2) is 12.2 Å². The third-order valence-electron chi connectivity index (χ3n) is 3.13. The Morgan fingerprint density at radius 2 is 1.86 bits per heavy atom. The minimum absolute atomic E-state index is 0.961. The summed E-state index contributed by atoms with van der Waals surface area (Å²) in [7, 11) is 0. The molecule has 0 saturated heterocycles. The Hall–Kier alpha value is -0.300. The summed E-state index contributed by atoms with van der Waals surface area (Å²) in [6.07, 6.45) is 14.3. The number of hydrogen-bond donors (Lipinski definition) is 1. The van der Waals surface area contributed by atoms with Gasteiger partial charge in [-0.25, -0.2) is 0 Å². The Balaban J connectivity index is 1.98. The molecule has 0 aromatic carbocycles. The average molecular weight is 195 g/mol. The molecule has 0 aliphatic heterocycles. The second-order valence-electron chi connectivity index (χ2n) is 4.42. The molecule has 14 heavy (non-hydrogen) atoms. The topological polar surface area (TPSA) is 12.0 Å². The van der Waals surface area contributed by atoms with Crippen molar-refractivity contribution < 1.29 is 0 Å². The number of hydrogen-bond acceptors (Lipinski definition) is 1. The van der Waals surface area contributed by atoms with Crippen LogP contribution in [0.2, 0.25) is 0 Å². The van der Waals surface area contributed by atoms with Gasteiger partial charge in [-0.3, -0.25) is 0 Å². The van der Waals surface area contributed by atoms with Crippen LogP contribution in [0.25, 0.3) is 0 Å². The van der Waals surface area contributed by atoms with Crippen molar-refractivity contribution in [3.05, 3.63) is 12.2 Å². The van der Waals surface area contributed by atoms with E-state index in [0.29, 0.717) is 0 Å². The SMILES string of the molecule is C/C=C/CCNCC1CCCCCC1. The molecule has 1 nitrogen and oxygen atoms in total. The van der Waals surface area contributed by atoms with Crippen LogP contribution in [0.5, 0.6) is 0 Å². The van der Waals surface area contributed by atoms with Crippen molar-refractivity contribution in [3.63, 3.8) is 0 Å². The van der Waals surface area contributed by atoms with Crippen LogP contribution in [0.1, 0.15) is 51.9 Å². The lowest BCUT2D eigenvalue weighted by Gasteiger charge is -2.14. The molecule has 1 rings (SSSR count). The van der Waals surface area contributed by atoms with Gasteiger partial charge < -0.3 is 5.32 Å². The predicted octanol–water partition coefficient (Wildman–Crippen LogP) is 3.51. The van der Waals surface area contributed by atoms with E-state index in [1.165, 1.54) is 51.5 Å². The molecule has 0 unspecified atom stereocenters. The fourth-order valence-electron chi connectivity index (χ4n) is 2.23. The van der Waals surface area contributed by atoms with Gasteiger partial charge in [0.1, 0.15) is 0 Å². The molecule has 1 fully saturated rings. The van der Waals surface area contributed by atoms with Crippen molar-refractivity contribution in [2.24, 2.45) is 5.92 Å². The van der Waals surface area contributed by atoms with E-state index in [-0.39, 0.29) is 0 Å². The molecule has 0 heterocycles. The second-order valence-corrected chi connectivity index (χ2v) is 4.42. The highest BCUT2D eigenvalue weighted by Crippen LogP contribution is 2.21. The smallest absolute Gasteiger partial charge is 0.00142 e. The molecule has 1 heteroatoms. The van der Waals surface area contributed by atoms with Crippen molar-refractivity contribution >= 4 is 0 Å². The van der Waals surface area contributed by atoms with Gasteiger partial charge in [-0.05, 0) is 45.2 Å². The fourth-order valence-corrected chi connectivity index (χ4v) is 2.23. The van der Waals surface area contributed by atoms with Gasteiger partial charge in [0.2, 0.25) is 0 Å². The standard InChI is InChI=1S/C13H25N/c1-2-3-8-11-14-12-13-9-6-4-5-7-10-13/h2-3,13-14H,4-12H2,1H3/b3-2+. The van der Waals surface area contributed by atoms with Gasteiger partial charge in [-0.15, -0.1) is 0 Å². The van der Waals surface area contributed by atoms with Gasteiger partial charge >= 0.3 is 0 Å². The molecule has 0 spiro atoms. The third-order valence-corrected chi connectivity index (χ3v) is 3.13. The molecule has 0 aromatic rings. The molecule has 0 aromatic heterocycles. The van der Waals surface area contributed by atoms with Gasteiger partial charge in [0.25, 0.3) is 0 Å². The lowest BCUT2D eigenvalue weighted by atomic mass is 10.0. The van der Waals surface area contributed by atoms with E-state index in [0.717, 1.165) is 12.5 Å². The Morgan fingerprint density at radius 1 is 1.14 bits per heavy atom. The Labute approximate surface area is 89.0 Å². The van der Waals surface area contributed by atoms with Crippen LogP contribution < -0.4 is 5.32 Å². The highest BCUT2D eigenvalue weighted by molar-refractivity contribution is 4.77. The summed E-state index contributed by atoms with van der Waals surface area (Å²) in [5.41, 5.74) is 0. The molecule has 82 valence electrons. The van der Waals surface area contributed by atoms with Crippen molar-refractivity contribution in [3.8, 4) is 0 Å². The van der Waals surface area contributed by atoms with Crippen LogP contribution >= 0.6 is 0 Å². The number of rotatable bonds is 5. The maximum atomic E-state index is 3.57. The summed E-state index contributed by atoms with van der Waals surface area (Å²) in [5.74, 6) is 0.961. The van der Waals surface area contributed by atoms with Crippen molar-refractivity contribution in [1.29, 1.82) is 0 Å². The Kier molecular flexibility index (Phi) is 6.77.